The van der Waals surface area contributed by atoms with Gasteiger partial charge in [-0.15, -0.1) is 0 Å². The Balaban J connectivity index is 1.99. The standard InChI is InChI=1S/C20H20ClNO4S/c1-3-26-18-8-5-15(6-9-18)20(23)22(17-10-11-27(24,25)13-17)16-7-4-14(2)19(21)12-16/h4-12,17H,3,13H2,1-2H3/t17-/m0/s1. The summed E-state index contributed by atoms with van der Waals surface area (Å²) >= 11 is 6.24. The Bertz CT molecular complexity index is 984. The summed E-state index contributed by atoms with van der Waals surface area (Å²) in [5.41, 5.74) is 1.87. The van der Waals surface area contributed by atoms with Gasteiger partial charge in [-0.1, -0.05) is 17.7 Å². The number of nitrogens with zero attached hydrogens (tertiary/aromatic N) is 1. The lowest BCUT2D eigenvalue weighted by Crippen LogP contribution is -2.41. The van der Waals surface area contributed by atoms with E-state index >= 15 is 0 Å². The van der Waals surface area contributed by atoms with E-state index in [2.05, 4.69) is 0 Å². The van der Waals surface area contributed by atoms with Gasteiger partial charge in [0.15, 0.2) is 9.84 Å². The Kier molecular flexibility index (Phi) is 5.58. The number of ether oxygens (including phenoxy) is 1. The van der Waals surface area contributed by atoms with Crippen LogP contribution in [0.2, 0.25) is 5.02 Å². The van der Waals surface area contributed by atoms with E-state index in [1.165, 1.54) is 11.0 Å². The fourth-order valence-corrected chi connectivity index (χ4v) is 4.35. The van der Waals surface area contributed by atoms with Crippen molar-refractivity contribution in [2.24, 2.45) is 0 Å². The average molecular weight is 406 g/mol. The Morgan fingerprint density at radius 1 is 1.22 bits per heavy atom. The third kappa shape index (κ3) is 4.34. The molecule has 0 fully saturated rings. The molecule has 0 bridgehead atoms. The molecule has 5 nitrogen and oxygen atoms in total. The zero-order valence-corrected chi connectivity index (χ0v) is 16.6. The van der Waals surface area contributed by atoms with E-state index in [1.54, 1.807) is 36.4 Å². The SMILES string of the molecule is CCOc1ccc(C(=O)N(c2ccc(C)c(Cl)c2)[C@H]2C=CS(=O)(=O)C2)cc1. The molecule has 0 saturated carbocycles. The van der Waals surface area contributed by atoms with Crippen LogP contribution < -0.4 is 9.64 Å². The molecule has 3 rings (SSSR count). The topological polar surface area (TPSA) is 63.7 Å². The number of aryl methyl sites for hydroxylation is 1. The zero-order chi connectivity index (χ0) is 19.6. The van der Waals surface area contributed by atoms with Crippen LogP contribution in [0.5, 0.6) is 5.75 Å². The second-order valence-electron chi connectivity index (χ2n) is 6.29. The number of carbonyl (C=O) groups is 1. The molecule has 1 amide bonds. The van der Waals surface area contributed by atoms with Gasteiger partial charge < -0.3 is 9.64 Å². The lowest BCUT2D eigenvalue weighted by atomic mass is 10.1. The molecule has 0 radical (unpaired) electrons. The third-order valence-corrected chi connectivity index (χ3v) is 6.09. The van der Waals surface area contributed by atoms with E-state index in [0.29, 0.717) is 28.6 Å². The fourth-order valence-electron chi connectivity index (χ4n) is 2.91. The molecule has 0 saturated heterocycles. The van der Waals surface area contributed by atoms with E-state index in [0.717, 1.165) is 11.0 Å². The normalized spacial score (nSPS) is 17.7. The van der Waals surface area contributed by atoms with Gasteiger partial charge in [0.1, 0.15) is 5.75 Å². The summed E-state index contributed by atoms with van der Waals surface area (Å²) in [6, 6.07) is 11.5. The van der Waals surface area contributed by atoms with Gasteiger partial charge in [-0.3, -0.25) is 4.79 Å². The minimum Gasteiger partial charge on any atom is -0.494 e. The quantitative estimate of drug-likeness (QED) is 0.754. The van der Waals surface area contributed by atoms with Crippen molar-refractivity contribution < 1.29 is 17.9 Å². The van der Waals surface area contributed by atoms with Crippen molar-refractivity contribution in [1.82, 2.24) is 0 Å². The third-order valence-electron chi connectivity index (χ3n) is 4.31. The number of hydrogen-bond donors (Lipinski definition) is 0. The first kappa shape index (κ1) is 19.5. The highest BCUT2D eigenvalue weighted by molar-refractivity contribution is 7.94. The number of sulfone groups is 1. The number of amides is 1. The predicted octanol–water partition coefficient (Wildman–Crippen LogP) is 4.00. The summed E-state index contributed by atoms with van der Waals surface area (Å²) in [5, 5.41) is 1.67. The van der Waals surface area contributed by atoms with Crippen molar-refractivity contribution in [3.63, 3.8) is 0 Å². The molecule has 1 aliphatic heterocycles. The van der Waals surface area contributed by atoms with E-state index < -0.39 is 15.9 Å². The highest BCUT2D eigenvalue weighted by Crippen LogP contribution is 2.29. The fraction of sp³-hybridized carbons (Fsp3) is 0.250. The molecule has 27 heavy (non-hydrogen) atoms. The smallest absolute Gasteiger partial charge is 0.258 e. The van der Waals surface area contributed by atoms with Crippen LogP contribution in [0.3, 0.4) is 0 Å². The minimum atomic E-state index is -3.32. The maximum absolute atomic E-state index is 13.2. The van der Waals surface area contributed by atoms with E-state index in [4.69, 9.17) is 16.3 Å². The van der Waals surface area contributed by atoms with Crippen LogP contribution in [-0.4, -0.2) is 32.7 Å². The summed E-state index contributed by atoms with van der Waals surface area (Å²) in [6.45, 7) is 4.28. The molecular weight excluding hydrogens is 386 g/mol. The summed E-state index contributed by atoms with van der Waals surface area (Å²) < 4.78 is 29.2. The van der Waals surface area contributed by atoms with Gasteiger partial charge >= 0.3 is 0 Å². The molecule has 2 aromatic carbocycles. The first-order valence-corrected chi connectivity index (χ1v) is 10.6. The van der Waals surface area contributed by atoms with Gasteiger partial charge in [0, 0.05) is 21.7 Å². The number of hydrogen-bond acceptors (Lipinski definition) is 4. The molecule has 1 aliphatic rings. The van der Waals surface area contributed by atoms with Gasteiger partial charge in [0.25, 0.3) is 5.91 Å². The van der Waals surface area contributed by atoms with Gasteiger partial charge in [0.05, 0.1) is 18.4 Å². The van der Waals surface area contributed by atoms with Gasteiger partial charge in [-0.05, 0) is 61.9 Å². The number of rotatable bonds is 5. The Labute approximate surface area is 164 Å². The summed E-state index contributed by atoms with van der Waals surface area (Å²) in [7, 11) is -3.32. The molecule has 1 atom stereocenters. The Morgan fingerprint density at radius 2 is 1.93 bits per heavy atom. The molecule has 0 unspecified atom stereocenters. The van der Waals surface area contributed by atoms with Crippen LogP contribution >= 0.6 is 11.6 Å². The number of anilines is 1. The van der Waals surface area contributed by atoms with Crippen LogP contribution in [0, 0.1) is 6.92 Å². The molecule has 0 aliphatic carbocycles. The van der Waals surface area contributed by atoms with Crippen LogP contribution in [0.15, 0.2) is 53.9 Å². The van der Waals surface area contributed by atoms with Gasteiger partial charge in [-0.2, -0.15) is 0 Å². The molecule has 142 valence electrons. The van der Waals surface area contributed by atoms with Gasteiger partial charge in [-0.25, -0.2) is 8.42 Å². The van der Waals surface area contributed by atoms with Crippen molar-refractivity contribution in [3.8, 4) is 5.75 Å². The van der Waals surface area contributed by atoms with Crippen LogP contribution in [-0.2, 0) is 9.84 Å². The van der Waals surface area contributed by atoms with Crippen molar-refractivity contribution in [1.29, 1.82) is 0 Å². The lowest BCUT2D eigenvalue weighted by molar-refractivity contribution is 0.0983. The lowest BCUT2D eigenvalue weighted by Gasteiger charge is -2.28. The van der Waals surface area contributed by atoms with E-state index in [9.17, 15) is 13.2 Å². The van der Waals surface area contributed by atoms with E-state index in [1.807, 2.05) is 19.9 Å². The summed E-state index contributed by atoms with van der Waals surface area (Å²) in [6.07, 6.45) is 1.54. The zero-order valence-electron chi connectivity index (χ0n) is 15.1. The highest BCUT2D eigenvalue weighted by Gasteiger charge is 2.32. The van der Waals surface area contributed by atoms with E-state index in [-0.39, 0.29) is 11.7 Å². The van der Waals surface area contributed by atoms with Crippen molar-refractivity contribution >= 4 is 33.0 Å². The van der Waals surface area contributed by atoms with Crippen molar-refractivity contribution in [2.45, 2.75) is 19.9 Å². The number of carbonyl (C=O) groups excluding carboxylic acids is 1. The second-order valence-corrected chi connectivity index (χ2v) is 8.63. The van der Waals surface area contributed by atoms with Crippen LogP contribution in [0.4, 0.5) is 5.69 Å². The van der Waals surface area contributed by atoms with Crippen LogP contribution in [0.1, 0.15) is 22.8 Å². The Morgan fingerprint density at radius 3 is 2.48 bits per heavy atom. The minimum absolute atomic E-state index is 0.152. The largest absolute Gasteiger partial charge is 0.494 e. The molecule has 7 heteroatoms. The van der Waals surface area contributed by atoms with Crippen LogP contribution in [0.25, 0.3) is 0 Å². The van der Waals surface area contributed by atoms with Crippen molar-refractivity contribution in [3.05, 3.63) is 70.1 Å². The maximum atomic E-state index is 13.2. The number of benzene rings is 2. The first-order chi connectivity index (χ1) is 12.8. The average Bonchev–Trinajstić information content (AvgIpc) is 2.98. The predicted molar refractivity (Wildman–Crippen MR) is 107 cm³/mol. The highest BCUT2D eigenvalue weighted by atomic mass is 35.5. The molecule has 1 heterocycles. The summed E-state index contributed by atoms with van der Waals surface area (Å²) in [4.78, 5) is 14.7. The molecule has 0 spiro atoms. The van der Waals surface area contributed by atoms with Crippen molar-refractivity contribution in [2.75, 3.05) is 17.3 Å². The molecular formula is C20H20ClNO4S. The second kappa shape index (κ2) is 7.74. The van der Waals surface area contributed by atoms with Gasteiger partial charge in [0.2, 0.25) is 0 Å². The monoisotopic (exact) mass is 405 g/mol. The molecule has 2 aromatic rings. The Hall–Kier alpha value is -2.31. The summed E-state index contributed by atoms with van der Waals surface area (Å²) in [5.74, 6) is 0.216. The number of halogens is 1. The molecule has 0 aromatic heterocycles. The molecule has 0 N–H and O–H groups in total. The first-order valence-electron chi connectivity index (χ1n) is 8.54. The maximum Gasteiger partial charge on any atom is 0.258 e.